The molecule has 0 aliphatic heterocycles. The summed E-state index contributed by atoms with van der Waals surface area (Å²) in [4.78, 5) is 35.6. The predicted octanol–water partition coefficient (Wildman–Crippen LogP) is 2.50. The molecular weight excluding hydrogens is 342 g/mol. The van der Waals surface area contributed by atoms with Gasteiger partial charge in [0.2, 0.25) is 5.91 Å². The van der Waals surface area contributed by atoms with Crippen molar-refractivity contribution in [3.05, 3.63) is 69.1 Å². The van der Waals surface area contributed by atoms with E-state index in [0.29, 0.717) is 18.0 Å². The summed E-state index contributed by atoms with van der Waals surface area (Å²) in [5.74, 6) is -0.723. The number of amides is 2. The van der Waals surface area contributed by atoms with Crippen LogP contribution < -0.4 is 16.4 Å². The molecule has 0 saturated heterocycles. The molecule has 0 spiro atoms. The number of nitrogens with one attached hydrogen (secondary N) is 2. The van der Waals surface area contributed by atoms with Crippen molar-refractivity contribution in [2.24, 2.45) is 0 Å². The van der Waals surface area contributed by atoms with Crippen molar-refractivity contribution in [1.82, 2.24) is 15.4 Å². The van der Waals surface area contributed by atoms with Crippen LogP contribution in [-0.2, 0) is 11.3 Å². The summed E-state index contributed by atoms with van der Waals surface area (Å²) in [7, 11) is 0. The van der Waals surface area contributed by atoms with E-state index >= 15 is 0 Å². The van der Waals surface area contributed by atoms with E-state index in [9.17, 15) is 14.4 Å². The maximum absolute atomic E-state index is 12.1. The molecule has 0 bridgehead atoms. The van der Waals surface area contributed by atoms with Crippen molar-refractivity contribution in [2.45, 2.75) is 32.7 Å². The van der Waals surface area contributed by atoms with Gasteiger partial charge < -0.3 is 4.57 Å². The van der Waals surface area contributed by atoms with Crippen molar-refractivity contribution >= 4 is 23.4 Å². The molecule has 2 N–H and O–H groups in total. The Labute approximate surface area is 150 Å². The third-order valence-corrected chi connectivity index (χ3v) is 3.84. The van der Waals surface area contributed by atoms with Gasteiger partial charge in [-0.25, -0.2) is 0 Å². The third-order valence-electron chi connectivity index (χ3n) is 3.58. The molecule has 1 heterocycles. The Morgan fingerprint density at radius 3 is 2.48 bits per heavy atom. The Bertz CT molecular complexity index is 800. The maximum Gasteiger partial charge on any atom is 0.271 e. The van der Waals surface area contributed by atoms with Crippen molar-refractivity contribution in [3.63, 3.8) is 0 Å². The van der Waals surface area contributed by atoms with Gasteiger partial charge in [-0.1, -0.05) is 37.1 Å². The molecule has 0 aliphatic rings. The Morgan fingerprint density at radius 2 is 1.80 bits per heavy atom. The molecule has 0 saturated carbocycles. The monoisotopic (exact) mass is 361 g/mol. The number of hydrogen-bond donors (Lipinski definition) is 2. The van der Waals surface area contributed by atoms with Gasteiger partial charge in [0.05, 0.1) is 12.1 Å². The summed E-state index contributed by atoms with van der Waals surface area (Å²) in [6.07, 6.45) is 3.47. The van der Waals surface area contributed by atoms with Gasteiger partial charge in [-0.05, 0) is 30.2 Å². The lowest BCUT2D eigenvalue weighted by Crippen LogP contribution is -2.41. The number of aromatic nitrogens is 1. The molecule has 2 amide bonds. The van der Waals surface area contributed by atoms with Crippen LogP contribution in [0.25, 0.3) is 0 Å². The van der Waals surface area contributed by atoms with Gasteiger partial charge in [0.15, 0.2) is 0 Å². The van der Waals surface area contributed by atoms with Crippen molar-refractivity contribution in [1.29, 1.82) is 0 Å². The summed E-state index contributed by atoms with van der Waals surface area (Å²) in [5.41, 5.74) is 5.66. The second kappa shape index (κ2) is 9.03. The highest BCUT2D eigenvalue weighted by Crippen LogP contribution is 2.10. The van der Waals surface area contributed by atoms with Crippen molar-refractivity contribution in [2.75, 3.05) is 0 Å². The lowest BCUT2D eigenvalue weighted by Gasteiger charge is -2.10. The van der Waals surface area contributed by atoms with Crippen molar-refractivity contribution < 1.29 is 9.59 Å². The van der Waals surface area contributed by atoms with Crippen LogP contribution in [0.5, 0.6) is 0 Å². The summed E-state index contributed by atoms with van der Waals surface area (Å²) in [5, 5.41) is 0.614. The van der Waals surface area contributed by atoms with Crippen LogP contribution in [0.4, 0.5) is 0 Å². The second-order valence-corrected chi connectivity index (χ2v) is 6.05. The Morgan fingerprint density at radius 1 is 1.08 bits per heavy atom. The first kappa shape index (κ1) is 18.7. The van der Waals surface area contributed by atoms with Gasteiger partial charge >= 0.3 is 0 Å². The standard InChI is InChI=1S/C18H20ClN3O3/c1-2-3-4-16(23)20-21-18(25)14-7-10-17(24)22(12-14)11-13-5-8-15(19)9-6-13/h5-10,12H,2-4,11H2,1H3,(H,20,23)(H,21,25). The fraction of sp³-hybridized carbons (Fsp3) is 0.278. The normalized spacial score (nSPS) is 10.3. The number of halogens is 1. The fourth-order valence-electron chi connectivity index (χ4n) is 2.17. The minimum Gasteiger partial charge on any atom is -0.310 e. The second-order valence-electron chi connectivity index (χ2n) is 5.62. The van der Waals surface area contributed by atoms with Gasteiger partial charge in [0.1, 0.15) is 0 Å². The van der Waals surface area contributed by atoms with Crippen LogP contribution in [0.15, 0.2) is 47.4 Å². The molecular formula is C18H20ClN3O3. The van der Waals surface area contributed by atoms with Gasteiger partial charge in [-0.3, -0.25) is 25.2 Å². The largest absolute Gasteiger partial charge is 0.310 e. The summed E-state index contributed by atoms with van der Waals surface area (Å²) in [6, 6.07) is 9.86. The summed E-state index contributed by atoms with van der Waals surface area (Å²) < 4.78 is 1.43. The molecule has 2 rings (SSSR count). The van der Waals surface area contributed by atoms with E-state index < -0.39 is 5.91 Å². The Hall–Kier alpha value is -2.60. The average molecular weight is 362 g/mol. The lowest BCUT2D eigenvalue weighted by molar-refractivity contribution is -0.121. The zero-order valence-electron chi connectivity index (χ0n) is 13.9. The number of carbonyl (C=O) groups is 2. The highest BCUT2D eigenvalue weighted by atomic mass is 35.5. The van der Waals surface area contributed by atoms with Gasteiger partial charge in [0, 0.05) is 23.7 Å². The first-order chi connectivity index (χ1) is 12.0. The minimum absolute atomic E-state index is 0.224. The topological polar surface area (TPSA) is 80.2 Å². The molecule has 0 radical (unpaired) electrons. The highest BCUT2D eigenvalue weighted by Gasteiger charge is 2.09. The molecule has 0 fully saturated rings. The third kappa shape index (κ3) is 5.76. The number of pyridine rings is 1. The van der Waals surface area contributed by atoms with Gasteiger partial charge in [-0.15, -0.1) is 0 Å². The number of unbranched alkanes of at least 4 members (excludes halogenated alkanes) is 1. The molecule has 0 unspecified atom stereocenters. The first-order valence-electron chi connectivity index (χ1n) is 8.03. The summed E-state index contributed by atoms with van der Waals surface area (Å²) in [6.45, 7) is 2.30. The summed E-state index contributed by atoms with van der Waals surface area (Å²) >= 11 is 5.85. The Kier molecular flexibility index (Phi) is 6.77. The highest BCUT2D eigenvalue weighted by molar-refractivity contribution is 6.30. The fourth-order valence-corrected chi connectivity index (χ4v) is 2.30. The van der Waals surface area contributed by atoms with E-state index in [2.05, 4.69) is 10.9 Å². The number of benzene rings is 1. The van der Waals surface area contributed by atoms with Crippen LogP contribution in [0.2, 0.25) is 5.02 Å². The van der Waals surface area contributed by atoms with E-state index in [4.69, 9.17) is 11.6 Å². The molecule has 6 nitrogen and oxygen atoms in total. The average Bonchev–Trinajstić information content (AvgIpc) is 2.61. The molecule has 7 heteroatoms. The van der Waals surface area contributed by atoms with Crippen molar-refractivity contribution in [3.8, 4) is 0 Å². The van der Waals surface area contributed by atoms with Crippen LogP contribution >= 0.6 is 11.6 Å². The molecule has 0 atom stereocenters. The smallest absolute Gasteiger partial charge is 0.271 e. The van der Waals surface area contributed by atoms with Crippen LogP contribution in [0.3, 0.4) is 0 Å². The molecule has 0 aliphatic carbocycles. The minimum atomic E-state index is -0.477. The van der Waals surface area contributed by atoms with E-state index in [1.54, 1.807) is 12.1 Å². The molecule has 1 aromatic heterocycles. The molecule has 1 aromatic carbocycles. The van der Waals surface area contributed by atoms with Crippen LogP contribution in [-0.4, -0.2) is 16.4 Å². The van der Waals surface area contributed by atoms with E-state index in [0.717, 1.165) is 18.4 Å². The van der Waals surface area contributed by atoms with E-state index in [-0.39, 0.29) is 17.0 Å². The number of nitrogens with zero attached hydrogens (tertiary/aromatic N) is 1. The number of hydrogen-bond acceptors (Lipinski definition) is 3. The van der Waals surface area contributed by atoms with Gasteiger partial charge in [0.25, 0.3) is 11.5 Å². The SMILES string of the molecule is CCCCC(=O)NNC(=O)c1ccc(=O)n(Cc2ccc(Cl)cc2)c1. The maximum atomic E-state index is 12.1. The Balaban J connectivity index is 2.04. The first-order valence-corrected chi connectivity index (χ1v) is 8.41. The molecule has 132 valence electrons. The molecule has 25 heavy (non-hydrogen) atoms. The van der Waals surface area contributed by atoms with E-state index in [1.165, 1.54) is 22.9 Å². The number of carbonyl (C=O) groups excluding carboxylic acids is 2. The zero-order valence-corrected chi connectivity index (χ0v) is 14.7. The zero-order chi connectivity index (χ0) is 18.2. The van der Waals surface area contributed by atoms with E-state index in [1.807, 2.05) is 19.1 Å². The quantitative estimate of drug-likeness (QED) is 0.776. The van der Waals surface area contributed by atoms with Crippen LogP contribution in [0.1, 0.15) is 42.1 Å². The number of rotatable bonds is 6. The molecule has 2 aromatic rings. The predicted molar refractivity (Wildman–Crippen MR) is 96.4 cm³/mol. The van der Waals surface area contributed by atoms with Crippen LogP contribution in [0, 0.1) is 0 Å². The number of hydrazine groups is 1. The lowest BCUT2D eigenvalue weighted by atomic mass is 10.2. The van der Waals surface area contributed by atoms with Gasteiger partial charge in [-0.2, -0.15) is 0 Å².